The fraction of sp³-hybridized carbons (Fsp3) is 0.364. The van der Waals surface area contributed by atoms with E-state index in [1.54, 1.807) is 24.5 Å². The van der Waals surface area contributed by atoms with Crippen LogP contribution in [-0.2, 0) is 6.42 Å². The number of nitrogens with one attached hydrogen (secondary N) is 2. The highest BCUT2D eigenvalue weighted by atomic mass is 19.4. The number of fused-ring (bicyclic) bond motifs is 2. The van der Waals surface area contributed by atoms with Crippen LogP contribution in [-0.4, -0.2) is 49.1 Å². The smallest absolute Gasteiger partial charge is 0.352 e. The predicted molar refractivity (Wildman–Crippen MR) is 112 cm³/mol. The molecule has 1 saturated carbocycles. The molecule has 12 heteroatoms. The first-order chi connectivity index (χ1) is 16.1. The number of rotatable bonds is 6. The summed E-state index contributed by atoms with van der Waals surface area (Å²) in [5.74, 6) is -3.20. The lowest BCUT2D eigenvalue weighted by atomic mass is 9.81. The number of aromatic amines is 1. The van der Waals surface area contributed by atoms with Crippen molar-refractivity contribution in [3.05, 3.63) is 48.3 Å². The largest absolute Gasteiger partial charge is 0.389 e. The number of carbonyl (C=O) groups is 1. The first-order valence-corrected chi connectivity index (χ1v) is 10.6. The van der Waals surface area contributed by atoms with Crippen LogP contribution < -0.4 is 5.32 Å². The van der Waals surface area contributed by atoms with Crippen LogP contribution in [0.4, 0.5) is 22.0 Å². The summed E-state index contributed by atoms with van der Waals surface area (Å²) in [5, 5.41) is 7.49. The molecular weight excluding hydrogens is 459 g/mol. The fourth-order valence-electron chi connectivity index (χ4n) is 4.14. The zero-order valence-corrected chi connectivity index (χ0v) is 17.7. The molecule has 0 aromatic carbocycles. The van der Waals surface area contributed by atoms with E-state index in [0.29, 0.717) is 27.7 Å². The van der Waals surface area contributed by atoms with Crippen molar-refractivity contribution in [1.29, 1.82) is 0 Å². The minimum atomic E-state index is -4.28. The van der Waals surface area contributed by atoms with Gasteiger partial charge in [0.1, 0.15) is 11.5 Å². The maximum Gasteiger partial charge on any atom is 0.389 e. The Balaban J connectivity index is 1.37. The zero-order valence-electron chi connectivity index (χ0n) is 17.7. The van der Waals surface area contributed by atoms with Crippen LogP contribution in [0.5, 0.6) is 0 Å². The van der Waals surface area contributed by atoms with Gasteiger partial charge in [0.15, 0.2) is 0 Å². The Hall–Kier alpha value is -3.57. The van der Waals surface area contributed by atoms with Crippen molar-refractivity contribution in [1.82, 2.24) is 29.9 Å². The molecule has 0 radical (unpaired) electrons. The van der Waals surface area contributed by atoms with E-state index in [2.05, 4.69) is 25.4 Å². The number of carbonyl (C=O) groups excluding carboxylic acids is 1. The van der Waals surface area contributed by atoms with Crippen LogP contribution >= 0.6 is 0 Å². The molecule has 5 rings (SSSR count). The molecule has 4 aromatic heterocycles. The highest BCUT2D eigenvalue weighted by molar-refractivity contribution is 6.02. The molecule has 4 heterocycles. The van der Waals surface area contributed by atoms with Gasteiger partial charge < -0.3 is 10.3 Å². The van der Waals surface area contributed by atoms with Crippen LogP contribution in [0.3, 0.4) is 0 Å². The average Bonchev–Trinajstić information content (AvgIpc) is 3.37. The van der Waals surface area contributed by atoms with Crippen molar-refractivity contribution in [2.75, 3.05) is 6.54 Å². The lowest BCUT2D eigenvalue weighted by Crippen LogP contribution is -2.42. The zero-order chi connectivity index (χ0) is 24.1. The molecule has 34 heavy (non-hydrogen) atoms. The molecule has 178 valence electrons. The number of aromatic nitrogens is 5. The number of amides is 1. The number of pyridine rings is 1. The number of H-pyrrole nitrogens is 1. The predicted octanol–water partition coefficient (Wildman–Crippen LogP) is 4.54. The number of nitrogens with zero attached hydrogens (tertiary/aromatic N) is 4. The number of halogens is 5. The Morgan fingerprint density at radius 3 is 2.79 bits per heavy atom. The lowest BCUT2D eigenvalue weighted by Gasteiger charge is -2.34. The minimum Gasteiger partial charge on any atom is -0.352 e. The van der Waals surface area contributed by atoms with Gasteiger partial charge >= 0.3 is 6.18 Å². The van der Waals surface area contributed by atoms with Gasteiger partial charge in [-0.25, -0.2) is 23.3 Å². The highest BCUT2D eigenvalue weighted by Gasteiger charge is 2.45. The van der Waals surface area contributed by atoms with E-state index in [4.69, 9.17) is 0 Å². The Labute approximate surface area is 189 Å². The molecule has 1 aliphatic carbocycles. The number of hydrogen-bond acceptors (Lipinski definition) is 4. The third-order valence-electron chi connectivity index (χ3n) is 5.92. The summed E-state index contributed by atoms with van der Waals surface area (Å²) in [6.45, 7) is 0.169. The maximum atomic E-state index is 13.0. The second kappa shape index (κ2) is 8.03. The molecular formula is C22H19F5N6O. The van der Waals surface area contributed by atoms with Gasteiger partial charge in [-0.1, -0.05) is 0 Å². The summed E-state index contributed by atoms with van der Waals surface area (Å²) in [6, 6.07) is 3.53. The van der Waals surface area contributed by atoms with Gasteiger partial charge in [0.25, 0.3) is 5.91 Å². The Morgan fingerprint density at radius 2 is 2.06 bits per heavy atom. The van der Waals surface area contributed by atoms with Crippen LogP contribution in [0.15, 0.2) is 36.9 Å². The molecule has 0 atom stereocenters. The molecule has 0 spiro atoms. The molecule has 1 aliphatic rings. The van der Waals surface area contributed by atoms with Crippen molar-refractivity contribution in [3.63, 3.8) is 0 Å². The van der Waals surface area contributed by atoms with Gasteiger partial charge in [0.05, 0.1) is 23.7 Å². The molecule has 1 fully saturated rings. The summed E-state index contributed by atoms with van der Waals surface area (Å²) in [7, 11) is 0. The number of hydrogen-bond donors (Lipinski definition) is 2. The Kier molecular flexibility index (Phi) is 5.25. The molecule has 0 bridgehead atoms. The standard InChI is InChI=1S/C22H19F5N6O/c23-21(24)6-12(7-21)8-30-20(34)16-11-31-33-4-2-13(5-17(16)33)14-9-29-19-15(14)10-28-18(32-19)1-3-22(25,26)27/h2,4-5,9-12H,1,3,6-8H2,(H,30,34)(H,28,29,32). The molecule has 2 N–H and O–H groups in total. The summed E-state index contributed by atoms with van der Waals surface area (Å²) in [4.78, 5) is 23.9. The van der Waals surface area contributed by atoms with Crippen molar-refractivity contribution in [2.45, 2.75) is 37.8 Å². The molecule has 4 aromatic rings. The van der Waals surface area contributed by atoms with E-state index in [1.807, 2.05) is 0 Å². The van der Waals surface area contributed by atoms with Crippen LogP contribution in [0.1, 0.15) is 35.4 Å². The van der Waals surface area contributed by atoms with E-state index in [0.717, 1.165) is 5.56 Å². The monoisotopic (exact) mass is 478 g/mol. The molecule has 0 unspecified atom stereocenters. The van der Waals surface area contributed by atoms with E-state index in [-0.39, 0.29) is 37.5 Å². The van der Waals surface area contributed by atoms with Gasteiger partial charge in [0.2, 0.25) is 5.92 Å². The van der Waals surface area contributed by atoms with Crippen molar-refractivity contribution < 1.29 is 26.7 Å². The fourth-order valence-corrected chi connectivity index (χ4v) is 4.14. The summed E-state index contributed by atoms with van der Waals surface area (Å²) < 4.78 is 65.0. The second-order valence-electron chi connectivity index (χ2n) is 8.51. The van der Waals surface area contributed by atoms with Gasteiger partial charge in [-0.05, 0) is 23.6 Å². The first kappa shape index (κ1) is 22.2. The molecule has 1 amide bonds. The normalized spacial score (nSPS) is 16.1. The van der Waals surface area contributed by atoms with E-state index in [1.165, 1.54) is 16.9 Å². The number of aryl methyl sites for hydroxylation is 1. The second-order valence-corrected chi connectivity index (χ2v) is 8.51. The van der Waals surface area contributed by atoms with Crippen LogP contribution in [0.25, 0.3) is 27.7 Å². The van der Waals surface area contributed by atoms with E-state index < -0.39 is 24.4 Å². The number of alkyl halides is 5. The summed E-state index contributed by atoms with van der Waals surface area (Å²) >= 11 is 0. The van der Waals surface area contributed by atoms with Gasteiger partial charge in [-0.2, -0.15) is 18.3 Å². The van der Waals surface area contributed by atoms with Crippen molar-refractivity contribution in [3.8, 4) is 11.1 Å². The SMILES string of the molecule is O=C(NCC1CC(F)(F)C1)c1cnn2ccc(-c3c[nH]c4nc(CCC(F)(F)F)ncc34)cc12. The topological polar surface area (TPSA) is 88.0 Å². The minimum absolute atomic E-state index is 0.0904. The van der Waals surface area contributed by atoms with Gasteiger partial charge in [-0.3, -0.25) is 4.79 Å². The van der Waals surface area contributed by atoms with E-state index in [9.17, 15) is 26.7 Å². The average molecular weight is 478 g/mol. The highest BCUT2D eigenvalue weighted by Crippen LogP contribution is 2.41. The van der Waals surface area contributed by atoms with Crippen LogP contribution in [0.2, 0.25) is 0 Å². The third-order valence-corrected chi connectivity index (χ3v) is 5.92. The first-order valence-electron chi connectivity index (χ1n) is 10.6. The Morgan fingerprint density at radius 1 is 1.26 bits per heavy atom. The maximum absolute atomic E-state index is 13.0. The van der Waals surface area contributed by atoms with E-state index >= 15 is 0 Å². The lowest BCUT2D eigenvalue weighted by molar-refractivity contribution is -0.134. The van der Waals surface area contributed by atoms with Crippen molar-refractivity contribution in [2.24, 2.45) is 5.92 Å². The molecule has 7 nitrogen and oxygen atoms in total. The third kappa shape index (κ3) is 4.44. The quantitative estimate of drug-likeness (QED) is 0.399. The van der Waals surface area contributed by atoms with Gasteiger partial charge in [-0.15, -0.1) is 0 Å². The van der Waals surface area contributed by atoms with Crippen molar-refractivity contribution >= 4 is 22.5 Å². The molecule has 0 aliphatic heterocycles. The Bertz CT molecular complexity index is 1370. The summed E-state index contributed by atoms with van der Waals surface area (Å²) in [6.07, 6.45) is 0.172. The van der Waals surface area contributed by atoms with Gasteiger partial charge in [0, 0.05) is 55.3 Å². The summed E-state index contributed by atoms with van der Waals surface area (Å²) in [5.41, 5.74) is 2.66. The van der Waals surface area contributed by atoms with Crippen LogP contribution in [0, 0.1) is 5.92 Å². The molecule has 0 saturated heterocycles.